The van der Waals surface area contributed by atoms with Crippen molar-refractivity contribution >= 4 is 5.97 Å². The molecule has 3 heterocycles. The largest absolute Gasteiger partial charge is 0.477 e. The molecule has 3 aromatic rings. The van der Waals surface area contributed by atoms with Gasteiger partial charge >= 0.3 is 5.97 Å². The van der Waals surface area contributed by atoms with E-state index in [4.69, 9.17) is 0 Å². The van der Waals surface area contributed by atoms with Gasteiger partial charge in [0.25, 0.3) is 0 Å². The van der Waals surface area contributed by atoms with Crippen LogP contribution in [0.25, 0.3) is 11.1 Å². The summed E-state index contributed by atoms with van der Waals surface area (Å²) >= 11 is 0. The number of nitrogens with one attached hydrogen (secondary N) is 2. The highest BCUT2D eigenvalue weighted by atomic mass is 19.1. The third-order valence-corrected chi connectivity index (χ3v) is 5.06. The van der Waals surface area contributed by atoms with Gasteiger partial charge in [-0.1, -0.05) is 12.1 Å². The number of hydrogen-bond donors (Lipinski definition) is 3. The summed E-state index contributed by atoms with van der Waals surface area (Å²) in [6, 6.07) is 6.42. The van der Waals surface area contributed by atoms with Crippen molar-refractivity contribution in [3.63, 3.8) is 0 Å². The summed E-state index contributed by atoms with van der Waals surface area (Å²) in [6.45, 7) is 2.23. The lowest BCUT2D eigenvalue weighted by Crippen LogP contribution is -2.34. The molecule has 2 aromatic heterocycles. The maximum Gasteiger partial charge on any atom is 0.354 e. The summed E-state index contributed by atoms with van der Waals surface area (Å²) < 4.78 is 13.2. The number of aromatic amines is 2. The fourth-order valence-electron chi connectivity index (χ4n) is 3.76. The van der Waals surface area contributed by atoms with Gasteiger partial charge < -0.3 is 5.11 Å². The minimum absolute atomic E-state index is 0.144. The summed E-state index contributed by atoms with van der Waals surface area (Å²) in [5, 5.41) is 23.0. The molecule has 1 fully saturated rings. The third-order valence-electron chi connectivity index (χ3n) is 5.06. The molecule has 1 aliphatic heterocycles. The van der Waals surface area contributed by atoms with E-state index in [1.165, 1.54) is 12.1 Å². The number of carbonyl (C=O) groups is 1. The molecule has 1 atom stereocenters. The van der Waals surface area contributed by atoms with Gasteiger partial charge in [-0.25, -0.2) is 9.18 Å². The first kappa shape index (κ1) is 17.4. The Labute approximate surface area is 155 Å². The molecule has 4 rings (SSSR count). The quantitative estimate of drug-likeness (QED) is 0.642. The molecule has 0 radical (unpaired) electrons. The number of aromatic carboxylic acids is 1. The van der Waals surface area contributed by atoms with Gasteiger partial charge in [0.1, 0.15) is 11.5 Å². The first-order valence-corrected chi connectivity index (χ1v) is 8.89. The van der Waals surface area contributed by atoms with E-state index in [2.05, 4.69) is 25.3 Å². The van der Waals surface area contributed by atoms with Crippen LogP contribution in [0.5, 0.6) is 0 Å². The molecule has 27 heavy (non-hydrogen) atoms. The van der Waals surface area contributed by atoms with Gasteiger partial charge in [-0.15, -0.1) is 0 Å². The summed E-state index contributed by atoms with van der Waals surface area (Å²) in [6.07, 6.45) is 5.38. The van der Waals surface area contributed by atoms with Gasteiger partial charge in [-0.2, -0.15) is 10.2 Å². The molecule has 1 aliphatic rings. The minimum atomic E-state index is -0.997. The van der Waals surface area contributed by atoms with Crippen LogP contribution in [-0.2, 0) is 6.54 Å². The van der Waals surface area contributed by atoms with E-state index in [1.807, 2.05) is 0 Å². The standard InChI is InChI=1S/C19H20FN5O2/c20-15-5-3-12(4-6-15)16-9-22-23-17(16)13-2-1-7-25(10-13)11-14-8-21-24-18(14)19(26)27/h3-6,8-9,13H,1-2,7,10-11H2,(H,21,24)(H,22,23)(H,26,27)/t13-/m1/s1. The number of hydrogen-bond acceptors (Lipinski definition) is 4. The number of piperidine rings is 1. The van der Waals surface area contributed by atoms with Crippen molar-refractivity contribution in [2.45, 2.75) is 25.3 Å². The molecule has 0 bridgehead atoms. The lowest BCUT2D eigenvalue weighted by atomic mass is 9.90. The Bertz CT molecular complexity index is 934. The number of halogens is 1. The topological polar surface area (TPSA) is 97.9 Å². The molecule has 1 saturated heterocycles. The van der Waals surface area contributed by atoms with Crippen LogP contribution in [0.3, 0.4) is 0 Å². The smallest absolute Gasteiger partial charge is 0.354 e. The highest BCUT2D eigenvalue weighted by Gasteiger charge is 2.26. The van der Waals surface area contributed by atoms with Crippen LogP contribution in [0.2, 0.25) is 0 Å². The first-order chi connectivity index (χ1) is 13.1. The third kappa shape index (κ3) is 3.61. The van der Waals surface area contributed by atoms with Gasteiger partial charge in [0.2, 0.25) is 0 Å². The van der Waals surface area contributed by atoms with Gasteiger partial charge in [0.05, 0.1) is 12.4 Å². The van der Waals surface area contributed by atoms with Crippen molar-refractivity contribution in [1.82, 2.24) is 25.3 Å². The number of nitrogens with zero attached hydrogens (tertiary/aromatic N) is 3. The number of carboxylic acids is 1. The average molecular weight is 369 g/mol. The van der Waals surface area contributed by atoms with Crippen molar-refractivity contribution < 1.29 is 14.3 Å². The molecule has 0 amide bonds. The first-order valence-electron chi connectivity index (χ1n) is 8.89. The molecule has 0 unspecified atom stereocenters. The van der Waals surface area contributed by atoms with E-state index in [1.54, 1.807) is 24.5 Å². The number of rotatable bonds is 5. The normalized spacial score (nSPS) is 17.9. The van der Waals surface area contributed by atoms with Gasteiger partial charge in [0.15, 0.2) is 0 Å². The highest BCUT2D eigenvalue weighted by Crippen LogP contribution is 2.33. The van der Waals surface area contributed by atoms with Crippen molar-refractivity contribution in [3.05, 3.63) is 59.4 Å². The van der Waals surface area contributed by atoms with Crippen LogP contribution in [-0.4, -0.2) is 49.5 Å². The number of carboxylic acid groups (broad SMARTS) is 1. The van der Waals surface area contributed by atoms with Gasteiger partial charge in [-0.3, -0.25) is 15.1 Å². The summed E-state index contributed by atoms with van der Waals surface area (Å²) in [5.41, 5.74) is 3.78. The van der Waals surface area contributed by atoms with E-state index < -0.39 is 5.97 Å². The Kier molecular flexibility index (Phi) is 4.72. The maximum absolute atomic E-state index is 13.2. The summed E-state index contributed by atoms with van der Waals surface area (Å²) in [5.74, 6) is -1.01. The molecule has 8 heteroatoms. The van der Waals surface area contributed by atoms with Gasteiger partial charge in [0, 0.05) is 35.8 Å². The van der Waals surface area contributed by atoms with E-state index in [0.29, 0.717) is 12.1 Å². The second-order valence-corrected chi connectivity index (χ2v) is 6.85. The molecule has 1 aromatic carbocycles. The molecule has 0 saturated carbocycles. The Hall–Kier alpha value is -3.00. The SMILES string of the molecule is O=C(O)c1[nH]ncc1CN1CCC[C@@H](c2[nH]ncc2-c2ccc(F)cc2)C1. The number of aromatic nitrogens is 4. The molecular formula is C19H20FN5O2. The van der Waals surface area contributed by atoms with E-state index in [0.717, 1.165) is 42.8 Å². The van der Waals surface area contributed by atoms with Crippen molar-refractivity contribution in [2.24, 2.45) is 0 Å². The second-order valence-electron chi connectivity index (χ2n) is 6.85. The number of H-pyrrole nitrogens is 2. The van der Waals surface area contributed by atoms with Crippen molar-refractivity contribution in [1.29, 1.82) is 0 Å². The molecule has 0 aliphatic carbocycles. The lowest BCUT2D eigenvalue weighted by molar-refractivity contribution is 0.0687. The molecule has 0 spiro atoms. The summed E-state index contributed by atoms with van der Waals surface area (Å²) in [4.78, 5) is 13.5. The predicted molar refractivity (Wildman–Crippen MR) is 96.8 cm³/mol. The lowest BCUT2D eigenvalue weighted by Gasteiger charge is -2.32. The minimum Gasteiger partial charge on any atom is -0.477 e. The Balaban J connectivity index is 1.52. The van der Waals surface area contributed by atoms with Crippen LogP contribution >= 0.6 is 0 Å². The summed E-state index contributed by atoms with van der Waals surface area (Å²) in [7, 11) is 0. The molecular weight excluding hydrogens is 349 g/mol. The Morgan fingerprint density at radius 3 is 2.78 bits per heavy atom. The predicted octanol–water partition coefficient (Wildman–Crippen LogP) is 3.02. The van der Waals surface area contributed by atoms with Gasteiger partial charge in [-0.05, 0) is 37.1 Å². The molecule has 140 valence electrons. The van der Waals surface area contributed by atoms with Crippen LogP contribution in [0, 0.1) is 5.82 Å². The zero-order valence-corrected chi connectivity index (χ0v) is 14.7. The maximum atomic E-state index is 13.2. The Morgan fingerprint density at radius 1 is 1.22 bits per heavy atom. The fourth-order valence-corrected chi connectivity index (χ4v) is 3.76. The second kappa shape index (κ2) is 7.32. The van der Waals surface area contributed by atoms with Crippen LogP contribution in [0.15, 0.2) is 36.7 Å². The Morgan fingerprint density at radius 2 is 2.00 bits per heavy atom. The van der Waals surface area contributed by atoms with Crippen LogP contribution in [0.4, 0.5) is 4.39 Å². The number of likely N-dealkylation sites (tertiary alicyclic amines) is 1. The van der Waals surface area contributed by atoms with Crippen molar-refractivity contribution in [3.8, 4) is 11.1 Å². The highest BCUT2D eigenvalue weighted by molar-refractivity contribution is 5.86. The zero-order chi connectivity index (χ0) is 18.8. The number of benzene rings is 1. The van der Waals surface area contributed by atoms with Crippen molar-refractivity contribution in [2.75, 3.05) is 13.1 Å². The monoisotopic (exact) mass is 369 g/mol. The van der Waals surface area contributed by atoms with E-state index in [9.17, 15) is 14.3 Å². The fraction of sp³-hybridized carbons (Fsp3) is 0.316. The zero-order valence-electron chi connectivity index (χ0n) is 14.7. The van der Waals surface area contributed by atoms with Crippen LogP contribution in [0.1, 0.15) is 40.5 Å². The molecule has 3 N–H and O–H groups in total. The molecule has 7 nitrogen and oxygen atoms in total. The van der Waals surface area contributed by atoms with E-state index >= 15 is 0 Å². The van der Waals surface area contributed by atoms with Crippen LogP contribution < -0.4 is 0 Å². The van der Waals surface area contributed by atoms with E-state index in [-0.39, 0.29) is 17.4 Å². The average Bonchev–Trinajstić information content (AvgIpc) is 3.32.